The zero-order chi connectivity index (χ0) is 23.0. The Morgan fingerprint density at radius 1 is 1.13 bits per heavy atom. The van der Waals surface area contributed by atoms with Crippen molar-refractivity contribution in [2.24, 2.45) is 0 Å². The molecule has 14 heteroatoms. The highest BCUT2D eigenvalue weighted by Gasteiger charge is 2.58. The molecule has 0 fully saturated rings. The Balaban J connectivity index is 2.03. The van der Waals surface area contributed by atoms with Gasteiger partial charge in [-0.15, -0.1) is 0 Å². The Labute approximate surface area is 173 Å². The van der Waals surface area contributed by atoms with E-state index in [1.54, 1.807) is 13.1 Å². The van der Waals surface area contributed by atoms with E-state index in [1.807, 2.05) is 0 Å². The minimum Gasteiger partial charge on any atom is -0.485 e. The number of fused-ring (bicyclic) bond motifs is 1. The van der Waals surface area contributed by atoms with Crippen molar-refractivity contribution in [2.75, 3.05) is 24.7 Å². The zero-order valence-corrected chi connectivity index (χ0v) is 16.9. The number of hydrogen-bond acceptors (Lipinski definition) is 7. The van der Waals surface area contributed by atoms with E-state index < -0.39 is 28.5 Å². The molecule has 0 radical (unpaired) electrons. The van der Waals surface area contributed by atoms with Gasteiger partial charge >= 0.3 is 12.1 Å². The van der Waals surface area contributed by atoms with Gasteiger partial charge in [0.1, 0.15) is 11.6 Å². The second-order valence-corrected chi connectivity index (χ2v) is 8.46. The van der Waals surface area contributed by atoms with Gasteiger partial charge in [0.05, 0.1) is 23.2 Å². The summed E-state index contributed by atoms with van der Waals surface area (Å²) in [6.07, 6.45) is -3.42. The second kappa shape index (κ2) is 7.90. The predicted molar refractivity (Wildman–Crippen MR) is 100.0 cm³/mol. The Bertz CT molecular complexity index is 1190. The van der Waals surface area contributed by atoms with Gasteiger partial charge in [0, 0.05) is 13.2 Å². The molecule has 0 aliphatic heterocycles. The van der Waals surface area contributed by atoms with Gasteiger partial charge in [0.15, 0.2) is 27.1 Å². The first-order valence-corrected chi connectivity index (χ1v) is 10.4. The molecule has 0 amide bonds. The number of sulfone groups is 1. The van der Waals surface area contributed by atoms with Crippen LogP contribution in [0.15, 0.2) is 35.6 Å². The molecule has 0 saturated heterocycles. The number of alkyl halides is 5. The van der Waals surface area contributed by atoms with Crippen LogP contribution in [0, 0.1) is 0 Å². The highest BCUT2D eigenvalue weighted by atomic mass is 32.2. The Kier molecular flexibility index (Phi) is 5.78. The summed E-state index contributed by atoms with van der Waals surface area (Å²) in [4.78, 5) is 8.12. The molecule has 168 valence electrons. The normalized spacial score (nSPS) is 12.9. The predicted octanol–water partition coefficient (Wildman–Crippen LogP) is 3.20. The lowest BCUT2D eigenvalue weighted by atomic mass is 10.2. The van der Waals surface area contributed by atoms with E-state index >= 15 is 0 Å². The Hall–Kier alpha value is -3.03. The number of ether oxygens (including phenoxy) is 1. The molecular weight excluding hydrogens is 449 g/mol. The molecule has 0 atom stereocenters. The van der Waals surface area contributed by atoms with Gasteiger partial charge in [0.2, 0.25) is 0 Å². The van der Waals surface area contributed by atoms with Crippen molar-refractivity contribution in [3.05, 3.63) is 30.6 Å². The van der Waals surface area contributed by atoms with E-state index in [4.69, 9.17) is 0 Å². The third kappa shape index (κ3) is 4.24. The fourth-order valence-corrected chi connectivity index (χ4v) is 3.55. The maximum absolute atomic E-state index is 13.0. The number of aromatic nitrogens is 4. The first-order valence-electron chi connectivity index (χ1n) is 8.73. The highest BCUT2D eigenvalue weighted by Crippen LogP contribution is 2.36. The van der Waals surface area contributed by atoms with Gasteiger partial charge in [0.25, 0.3) is 0 Å². The quantitative estimate of drug-likeness (QED) is 0.535. The van der Waals surface area contributed by atoms with Crippen LogP contribution in [0.5, 0.6) is 5.75 Å². The minimum atomic E-state index is -5.75. The van der Waals surface area contributed by atoms with Crippen LogP contribution in [-0.2, 0) is 9.84 Å². The maximum Gasteiger partial charge on any atom is 0.456 e. The van der Waals surface area contributed by atoms with E-state index in [2.05, 4.69) is 25.1 Å². The van der Waals surface area contributed by atoms with Crippen molar-refractivity contribution in [3.63, 3.8) is 0 Å². The monoisotopic (exact) mass is 465 g/mol. The third-order valence-corrected chi connectivity index (χ3v) is 5.88. The molecule has 0 aromatic carbocycles. The summed E-state index contributed by atoms with van der Waals surface area (Å²) in [6, 6.07) is 3.89. The number of hydrogen-bond donors (Lipinski definition) is 1. The van der Waals surface area contributed by atoms with Crippen LogP contribution in [0.25, 0.3) is 16.9 Å². The lowest BCUT2D eigenvalue weighted by Crippen LogP contribution is -2.41. The SMILES string of the molecule is CCS(=O)(=O)c1nn2c(NC)ccnc2c1-c1ccc(OCC(F)(F)C(F)(F)F)cn1. The number of nitrogens with zero attached hydrogens (tertiary/aromatic N) is 4. The van der Waals surface area contributed by atoms with Crippen LogP contribution in [0.1, 0.15) is 6.92 Å². The van der Waals surface area contributed by atoms with Crippen molar-refractivity contribution < 1.29 is 35.1 Å². The zero-order valence-electron chi connectivity index (χ0n) is 16.1. The molecule has 0 aliphatic rings. The molecule has 3 heterocycles. The molecule has 0 spiro atoms. The summed E-state index contributed by atoms with van der Waals surface area (Å²) in [5, 5.41) is 6.68. The molecule has 0 aliphatic carbocycles. The largest absolute Gasteiger partial charge is 0.485 e. The number of nitrogens with one attached hydrogen (secondary N) is 1. The van der Waals surface area contributed by atoms with Crippen molar-refractivity contribution >= 4 is 21.3 Å². The molecule has 0 unspecified atom stereocenters. The maximum atomic E-state index is 13.0. The molecule has 3 rings (SSSR count). The van der Waals surface area contributed by atoms with Crippen molar-refractivity contribution in [1.29, 1.82) is 0 Å². The van der Waals surface area contributed by atoms with Crippen molar-refractivity contribution in [1.82, 2.24) is 19.6 Å². The fraction of sp³-hybridized carbons (Fsp3) is 0.353. The van der Waals surface area contributed by atoms with E-state index in [0.29, 0.717) is 5.82 Å². The summed E-state index contributed by atoms with van der Waals surface area (Å²) < 4.78 is 93.8. The molecule has 1 N–H and O–H groups in total. The first-order chi connectivity index (χ1) is 14.4. The highest BCUT2D eigenvalue weighted by molar-refractivity contribution is 7.91. The standard InChI is InChI=1S/C17H16F5N5O3S/c1-3-31(28,29)15-13(14-24-7-6-12(23-2)27(14)26-15)11-5-4-10(8-25-11)30-9-16(18,19)17(20,21)22/h4-8,23H,3,9H2,1-2H3. The van der Waals surface area contributed by atoms with Gasteiger partial charge < -0.3 is 10.1 Å². The van der Waals surface area contributed by atoms with Crippen LogP contribution in [0.2, 0.25) is 0 Å². The average molecular weight is 465 g/mol. The number of anilines is 1. The molecule has 31 heavy (non-hydrogen) atoms. The van der Waals surface area contributed by atoms with Gasteiger partial charge in [-0.1, -0.05) is 6.92 Å². The van der Waals surface area contributed by atoms with E-state index in [0.717, 1.165) is 12.3 Å². The summed E-state index contributed by atoms with van der Waals surface area (Å²) in [5.41, 5.74) is 0.285. The van der Waals surface area contributed by atoms with Crippen LogP contribution in [-0.4, -0.2) is 59.5 Å². The molecule has 3 aromatic rings. The molecule has 8 nitrogen and oxygen atoms in total. The molecule has 0 saturated carbocycles. The molecular formula is C17H16F5N5O3S. The lowest BCUT2D eigenvalue weighted by Gasteiger charge is -2.19. The number of rotatable bonds is 7. The fourth-order valence-electron chi connectivity index (χ4n) is 2.56. The molecule has 0 bridgehead atoms. The van der Waals surface area contributed by atoms with Crippen molar-refractivity contribution in [2.45, 2.75) is 24.0 Å². The first kappa shape index (κ1) is 22.7. The van der Waals surface area contributed by atoms with Gasteiger partial charge in [-0.3, -0.25) is 4.98 Å². The summed E-state index contributed by atoms with van der Waals surface area (Å²) in [7, 11) is -2.21. The summed E-state index contributed by atoms with van der Waals surface area (Å²) in [6.45, 7) is -0.489. The van der Waals surface area contributed by atoms with E-state index in [1.165, 1.54) is 23.7 Å². The smallest absolute Gasteiger partial charge is 0.456 e. The second-order valence-electron chi connectivity index (χ2n) is 6.27. The minimum absolute atomic E-state index is 0.0612. The van der Waals surface area contributed by atoms with Gasteiger partial charge in [-0.25, -0.2) is 13.4 Å². The third-order valence-electron chi connectivity index (χ3n) is 4.24. The van der Waals surface area contributed by atoms with Crippen LogP contribution < -0.4 is 10.1 Å². The lowest BCUT2D eigenvalue weighted by molar-refractivity contribution is -0.290. The summed E-state index contributed by atoms with van der Waals surface area (Å²) in [5.74, 6) is -5.21. The average Bonchev–Trinajstić information content (AvgIpc) is 3.12. The number of halogens is 5. The van der Waals surface area contributed by atoms with Crippen LogP contribution in [0.3, 0.4) is 0 Å². The summed E-state index contributed by atoms with van der Waals surface area (Å²) >= 11 is 0. The number of pyridine rings is 1. The van der Waals surface area contributed by atoms with Crippen LogP contribution >= 0.6 is 0 Å². The van der Waals surface area contributed by atoms with Gasteiger partial charge in [-0.05, 0) is 18.2 Å². The molecule has 3 aromatic heterocycles. The Morgan fingerprint density at radius 3 is 2.39 bits per heavy atom. The van der Waals surface area contributed by atoms with Gasteiger partial charge in [-0.2, -0.15) is 31.6 Å². The van der Waals surface area contributed by atoms with E-state index in [9.17, 15) is 30.4 Å². The topological polar surface area (TPSA) is 98.5 Å². The van der Waals surface area contributed by atoms with Crippen LogP contribution in [0.4, 0.5) is 27.8 Å². The Morgan fingerprint density at radius 2 is 1.84 bits per heavy atom. The van der Waals surface area contributed by atoms with E-state index in [-0.39, 0.29) is 33.4 Å². The van der Waals surface area contributed by atoms with Crippen molar-refractivity contribution in [3.8, 4) is 17.0 Å².